The quantitative estimate of drug-likeness (QED) is 0.765. The van der Waals surface area contributed by atoms with Gasteiger partial charge in [0.1, 0.15) is 5.75 Å². The second-order valence-electron chi connectivity index (χ2n) is 3.56. The molecule has 0 bridgehead atoms. The van der Waals surface area contributed by atoms with Gasteiger partial charge < -0.3 is 24.4 Å². The van der Waals surface area contributed by atoms with Crippen molar-refractivity contribution in [3.05, 3.63) is 17.7 Å². The molecule has 0 aliphatic rings. The summed E-state index contributed by atoms with van der Waals surface area (Å²) in [5, 5.41) is 18.3. The molecule has 0 saturated carbocycles. The van der Waals surface area contributed by atoms with Crippen molar-refractivity contribution in [3.8, 4) is 17.2 Å². The number of benzene rings is 1. The zero-order chi connectivity index (χ0) is 12.8. The molecule has 5 nitrogen and oxygen atoms in total. The maximum absolute atomic E-state index is 9.44. The highest BCUT2D eigenvalue weighted by atomic mass is 16.5. The third kappa shape index (κ3) is 3.25. The summed E-state index contributed by atoms with van der Waals surface area (Å²) >= 11 is 0. The largest absolute Gasteiger partial charge is 0.496 e. The lowest BCUT2D eigenvalue weighted by molar-refractivity contribution is 0.0949. The minimum absolute atomic E-state index is 0.292. The Morgan fingerprint density at radius 2 is 1.53 bits per heavy atom. The van der Waals surface area contributed by atoms with Gasteiger partial charge in [-0.15, -0.1) is 0 Å². The van der Waals surface area contributed by atoms with Crippen molar-refractivity contribution < 1.29 is 24.4 Å². The van der Waals surface area contributed by atoms with Gasteiger partial charge in [-0.3, -0.25) is 0 Å². The molecule has 0 amide bonds. The smallest absolute Gasteiger partial charge is 0.164 e. The molecule has 1 atom stereocenters. The summed E-state index contributed by atoms with van der Waals surface area (Å²) in [7, 11) is 4.62. The van der Waals surface area contributed by atoms with E-state index in [0.717, 1.165) is 5.56 Å². The highest BCUT2D eigenvalue weighted by Crippen LogP contribution is 2.35. The van der Waals surface area contributed by atoms with Gasteiger partial charge in [-0.25, -0.2) is 0 Å². The van der Waals surface area contributed by atoms with Crippen LogP contribution in [-0.2, 0) is 6.42 Å². The molecule has 0 unspecified atom stereocenters. The van der Waals surface area contributed by atoms with Gasteiger partial charge in [-0.2, -0.15) is 0 Å². The number of aliphatic hydroxyl groups excluding tert-OH is 2. The third-order valence-electron chi connectivity index (χ3n) is 2.45. The molecule has 1 aromatic rings. The fraction of sp³-hybridized carbons (Fsp3) is 0.500. The zero-order valence-electron chi connectivity index (χ0n) is 10.3. The van der Waals surface area contributed by atoms with Crippen LogP contribution in [0.2, 0.25) is 0 Å². The van der Waals surface area contributed by atoms with Crippen LogP contribution in [0.15, 0.2) is 12.1 Å². The Hall–Kier alpha value is -1.46. The van der Waals surface area contributed by atoms with Crippen molar-refractivity contribution in [3.63, 3.8) is 0 Å². The molecule has 0 aliphatic carbocycles. The maximum Gasteiger partial charge on any atom is 0.164 e. The summed E-state index contributed by atoms with van der Waals surface area (Å²) in [6, 6.07) is 3.43. The number of aliphatic hydroxyl groups is 2. The summed E-state index contributed by atoms with van der Waals surface area (Å²) in [5.41, 5.74) is 0.756. The Kier molecular flexibility index (Phi) is 5.06. The second-order valence-corrected chi connectivity index (χ2v) is 3.56. The van der Waals surface area contributed by atoms with Crippen molar-refractivity contribution in [2.24, 2.45) is 0 Å². The molecule has 0 aliphatic heterocycles. The SMILES string of the molecule is COc1cc(OC)c(OC)cc1C[C@@H](O)CO. The molecule has 0 heterocycles. The number of hydrogen-bond donors (Lipinski definition) is 2. The molecule has 0 radical (unpaired) electrons. The lowest BCUT2D eigenvalue weighted by Crippen LogP contribution is -2.15. The van der Waals surface area contributed by atoms with Crippen LogP contribution in [-0.4, -0.2) is 44.3 Å². The van der Waals surface area contributed by atoms with Gasteiger partial charge in [0, 0.05) is 18.1 Å². The molecule has 0 saturated heterocycles. The van der Waals surface area contributed by atoms with Crippen molar-refractivity contribution in [1.82, 2.24) is 0 Å². The van der Waals surface area contributed by atoms with Crippen LogP contribution < -0.4 is 14.2 Å². The van der Waals surface area contributed by atoms with Crippen molar-refractivity contribution in [2.45, 2.75) is 12.5 Å². The van der Waals surface area contributed by atoms with E-state index in [1.165, 1.54) is 14.2 Å². The van der Waals surface area contributed by atoms with Crippen molar-refractivity contribution >= 4 is 0 Å². The fourth-order valence-electron chi connectivity index (χ4n) is 1.57. The molecule has 0 spiro atoms. The number of methoxy groups -OCH3 is 3. The van der Waals surface area contributed by atoms with Gasteiger partial charge in [0.2, 0.25) is 0 Å². The summed E-state index contributed by atoms with van der Waals surface area (Å²) in [4.78, 5) is 0. The first-order valence-corrected chi connectivity index (χ1v) is 5.24. The van der Waals surface area contributed by atoms with Gasteiger partial charge in [0.25, 0.3) is 0 Å². The highest BCUT2D eigenvalue weighted by molar-refractivity contribution is 5.50. The van der Waals surface area contributed by atoms with Crippen LogP contribution in [0.1, 0.15) is 5.56 Å². The van der Waals surface area contributed by atoms with Crippen LogP contribution in [0.3, 0.4) is 0 Å². The summed E-state index contributed by atoms with van der Waals surface area (Å²) in [6.45, 7) is -0.294. The minimum atomic E-state index is -0.818. The molecule has 0 fully saturated rings. The molecule has 5 heteroatoms. The van der Waals surface area contributed by atoms with Gasteiger partial charge in [0.15, 0.2) is 11.5 Å². The molecule has 96 valence electrons. The standard InChI is InChI=1S/C12H18O5/c1-15-10-6-12(17-3)11(16-2)5-8(10)4-9(14)7-13/h5-6,9,13-14H,4,7H2,1-3H3/t9-/m1/s1. The normalized spacial score (nSPS) is 12.1. The lowest BCUT2D eigenvalue weighted by Gasteiger charge is -2.15. The van der Waals surface area contributed by atoms with E-state index in [-0.39, 0.29) is 6.61 Å². The minimum Gasteiger partial charge on any atom is -0.496 e. The second kappa shape index (κ2) is 6.32. The number of ether oxygens (including phenoxy) is 3. The van der Waals surface area contributed by atoms with Gasteiger partial charge in [-0.05, 0) is 6.07 Å². The average molecular weight is 242 g/mol. The van der Waals surface area contributed by atoms with Crippen LogP contribution in [0, 0.1) is 0 Å². The predicted octanol–water partition coefficient (Wildman–Crippen LogP) is 0.608. The Bertz CT molecular complexity index is 364. The fourth-order valence-corrected chi connectivity index (χ4v) is 1.57. The Balaban J connectivity index is 3.09. The highest BCUT2D eigenvalue weighted by Gasteiger charge is 2.14. The number of rotatable bonds is 6. The Labute approximate surface area is 101 Å². The first-order valence-electron chi connectivity index (χ1n) is 5.24. The molecule has 1 aromatic carbocycles. The molecular formula is C12H18O5. The van der Waals surface area contributed by atoms with Crippen molar-refractivity contribution in [2.75, 3.05) is 27.9 Å². The summed E-state index contributed by atoms with van der Waals surface area (Å²) < 4.78 is 15.5. The van der Waals surface area contributed by atoms with E-state index < -0.39 is 6.10 Å². The summed E-state index contributed by atoms with van der Waals surface area (Å²) in [5.74, 6) is 1.72. The van der Waals surface area contributed by atoms with Crippen LogP contribution in [0.25, 0.3) is 0 Å². The lowest BCUT2D eigenvalue weighted by atomic mass is 10.1. The predicted molar refractivity (Wildman–Crippen MR) is 62.9 cm³/mol. The first kappa shape index (κ1) is 13.6. The monoisotopic (exact) mass is 242 g/mol. The molecule has 1 rings (SSSR count). The summed E-state index contributed by atoms with van der Waals surface area (Å²) in [6.07, 6.45) is -0.526. The van der Waals surface area contributed by atoms with Crippen LogP contribution in [0.5, 0.6) is 17.2 Å². The molecule has 17 heavy (non-hydrogen) atoms. The Morgan fingerprint density at radius 1 is 1.00 bits per heavy atom. The topological polar surface area (TPSA) is 68.2 Å². The van der Waals surface area contributed by atoms with E-state index in [4.69, 9.17) is 19.3 Å². The Morgan fingerprint density at radius 3 is 2.00 bits per heavy atom. The van der Waals surface area contributed by atoms with Crippen molar-refractivity contribution in [1.29, 1.82) is 0 Å². The van der Waals surface area contributed by atoms with E-state index in [0.29, 0.717) is 23.7 Å². The van der Waals surface area contributed by atoms with E-state index in [1.807, 2.05) is 0 Å². The molecule has 2 N–H and O–H groups in total. The van der Waals surface area contributed by atoms with Crippen LogP contribution in [0.4, 0.5) is 0 Å². The van der Waals surface area contributed by atoms with Gasteiger partial charge in [-0.1, -0.05) is 0 Å². The van der Waals surface area contributed by atoms with E-state index >= 15 is 0 Å². The zero-order valence-corrected chi connectivity index (χ0v) is 10.3. The number of hydrogen-bond acceptors (Lipinski definition) is 5. The van der Waals surface area contributed by atoms with Gasteiger partial charge >= 0.3 is 0 Å². The van der Waals surface area contributed by atoms with E-state index in [2.05, 4.69) is 0 Å². The van der Waals surface area contributed by atoms with Crippen LogP contribution >= 0.6 is 0 Å². The van der Waals surface area contributed by atoms with E-state index in [9.17, 15) is 5.11 Å². The average Bonchev–Trinajstić information content (AvgIpc) is 2.37. The van der Waals surface area contributed by atoms with Gasteiger partial charge in [0.05, 0.1) is 34.0 Å². The first-order chi connectivity index (χ1) is 8.15. The van der Waals surface area contributed by atoms with E-state index in [1.54, 1.807) is 19.2 Å². The maximum atomic E-state index is 9.44. The molecule has 0 aromatic heterocycles. The third-order valence-corrected chi connectivity index (χ3v) is 2.45. The molecular weight excluding hydrogens is 224 g/mol.